The van der Waals surface area contributed by atoms with E-state index in [2.05, 4.69) is 5.10 Å². The van der Waals surface area contributed by atoms with Gasteiger partial charge in [-0.2, -0.15) is 10.1 Å². The molecule has 0 saturated carbocycles. The van der Waals surface area contributed by atoms with E-state index in [1.165, 1.54) is 12.3 Å². The van der Waals surface area contributed by atoms with Crippen molar-refractivity contribution in [2.24, 2.45) is 5.10 Å². The first kappa shape index (κ1) is 8.25. The van der Waals surface area contributed by atoms with E-state index in [4.69, 9.17) is 10.2 Å². The van der Waals surface area contributed by atoms with Crippen molar-refractivity contribution in [3.8, 4) is 0 Å². The van der Waals surface area contributed by atoms with Gasteiger partial charge in [-0.15, -0.1) is 0 Å². The maximum Gasteiger partial charge on any atom is 0.432 e. The van der Waals surface area contributed by atoms with Crippen LogP contribution in [-0.2, 0) is 4.79 Å². The minimum atomic E-state index is -1.40. The van der Waals surface area contributed by atoms with E-state index in [-0.39, 0.29) is 5.70 Å². The van der Waals surface area contributed by atoms with Gasteiger partial charge in [0.15, 0.2) is 5.70 Å². The summed E-state index contributed by atoms with van der Waals surface area (Å²) in [6.07, 6.45) is 1.54. The van der Waals surface area contributed by atoms with E-state index in [0.717, 1.165) is 0 Å². The van der Waals surface area contributed by atoms with Crippen LogP contribution in [0, 0.1) is 0 Å². The van der Waals surface area contributed by atoms with Crippen molar-refractivity contribution in [1.29, 1.82) is 0 Å². The highest BCUT2D eigenvalue weighted by Crippen LogP contribution is 2.10. The SMILES string of the molecule is O=C(O)C1=CCC=NN1C(=O)O. The van der Waals surface area contributed by atoms with Crippen LogP contribution in [0.15, 0.2) is 16.9 Å². The molecule has 0 fully saturated rings. The molecule has 2 N–H and O–H groups in total. The molecule has 0 aliphatic carbocycles. The summed E-state index contributed by atoms with van der Waals surface area (Å²) in [7, 11) is 0. The summed E-state index contributed by atoms with van der Waals surface area (Å²) < 4.78 is 0. The zero-order valence-corrected chi connectivity index (χ0v) is 5.97. The highest BCUT2D eigenvalue weighted by molar-refractivity contribution is 5.92. The number of carboxylic acids is 1. The van der Waals surface area contributed by atoms with E-state index in [1.54, 1.807) is 0 Å². The minimum Gasteiger partial charge on any atom is -0.477 e. The lowest BCUT2D eigenvalue weighted by Crippen LogP contribution is -2.29. The predicted molar refractivity (Wildman–Crippen MR) is 38.7 cm³/mol. The maximum atomic E-state index is 10.4. The van der Waals surface area contributed by atoms with Gasteiger partial charge in [0.05, 0.1) is 0 Å². The van der Waals surface area contributed by atoms with Crippen LogP contribution in [0.25, 0.3) is 0 Å². The van der Waals surface area contributed by atoms with Crippen LogP contribution in [-0.4, -0.2) is 33.5 Å². The van der Waals surface area contributed by atoms with Crippen LogP contribution >= 0.6 is 0 Å². The Labute approximate surface area is 67.4 Å². The van der Waals surface area contributed by atoms with Crippen molar-refractivity contribution in [1.82, 2.24) is 5.01 Å². The second-order valence-electron chi connectivity index (χ2n) is 2.02. The molecule has 6 heteroatoms. The van der Waals surface area contributed by atoms with Gasteiger partial charge in [0.25, 0.3) is 0 Å². The molecular weight excluding hydrogens is 164 g/mol. The zero-order valence-electron chi connectivity index (χ0n) is 5.97. The highest BCUT2D eigenvalue weighted by Gasteiger charge is 2.23. The zero-order chi connectivity index (χ0) is 9.14. The molecule has 0 bridgehead atoms. The van der Waals surface area contributed by atoms with Gasteiger partial charge in [0.1, 0.15) is 0 Å². The van der Waals surface area contributed by atoms with Crippen LogP contribution in [0.4, 0.5) is 4.79 Å². The molecule has 0 radical (unpaired) electrons. The molecule has 0 saturated heterocycles. The number of allylic oxidation sites excluding steroid dienone is 1. The molecule has 0 spiro atoms. The Balaban J connectivity index is 2.90. The molecule has 1 aliphatic rings. The summed E-state index contributed by atoms with van der Waals surface area (Å²) >= 11 is 0. The highest BCUT2D eigenvalue weighted by atomic mass is 16.4. The van der Waals surface area contributed by atoms with Gasteiger partial charge in [-0.1, -0.05) is 0 Å². The minimum absolute atomic E-state index is 0.329. The van der Waals surface area contributed by atoms with Crippen LogP contribution < -0.4 is 0 Å². The van der Waals surface area contributed by atoms with Gasteiger partial charge >= 0.3 is 12.1 Å². The summed E-state index contributed by atoms with van der Waals surface area (Å²) in [6.45, 7) is 0. The maximum absolute atomic E-state index is 10.4. The Kier molecular flexibility index (Phi) is 2.09. The molecule has 0 atom stereocenters. The second kappa shape index (κ2) is 3.04. The molecule has 0 aromatic carbocycles. The molecule has 1 heterocycles. The van der Waals surface area contributed by atoms with Crippen molar-refractivity contribution in [2.75, 3.05) is 0 Å². The first-order valence-electron chi connectivity index (χ1n) is 3.12. The number of hydrogen-bond donors (Lipinski definition) is 2. The molecule has 1 aliphatic heterocycles. The smallest absolute Gasteiger partial charge is 0.432 e. The predicted octanol–water partition coefficient (Wildman–Crippen LogP) is 0.324. The number of rotatable bonds is 1. The molecule has 1 rings (SSSR count). The fourth-order valence-electron chi connectivity index (χ4n) is 0.772. The van der Waals surface area contributed by atoms with Gasteiger partial charge in [0, 0.05) is 12.6 Å². The summed E-state index contributed by atoms with van der Waals surface area (Å²) in [6, 6.07) is 0. The standard InChI is InChI=1S/C6H6N2O4/c9-5(10)4-2-1-3-7-8(4)6(11)12/h2-3H,1H2,(H,9,10)(H,11,12). The van der Waals surface area contributed by atoms with Crippen LogP contribution in [0.1, 0.15) is 6.42 Å². The van der Waals surface area contributed by atoms with Crippen molar-refractivity contribution < 1.29 is 19.8 Å². The number of hydrazone groups is 1. The topological polar surface area (TPSA) is 90.2 Å². The Hall–Kier alpha value is -1.85. The third-order valence-corrected chi connectivity index (χ3v) is 1.24. The third kappa shape index (κ3) is 1.42. The number of carbonyl (C=O) groups is 2. The van der Waals surface area contributed by atoms with E-state index < -0.39 is 12.1 Å². The Bertz CT molecular complexity index is 281. The monoisotopic (exact) mass is 170 g/mol. The van der Waals surface area contributed by atoms with Crippen molar-refractivity contribution >= 4 is 18.3 Å². The fraction of sp³-hybridized carbons (Fsp3) is 0.167. The van der Waals surface area contributed by atoms with Crippen LogP contribution in [0.2, 0.25) is 0 Å². The molecule has 0 aromatic heterocycles. The molecule has 0 unspecified atom stereocenters. The normalized spacial score (nSPS) is 15.7. The van der Waals surface area contributed by atoms with E-state index in [1.807, 2.05) is 0 Å². The van der Waals surface area contributed by atoms with Gasteiger partial charge in [-0.25, -0.2) is 9.59 Å². The summed E-state index contributed by atoms with van der Waals surface area (Å²) in [4.78, 5) is 20.8. The van der Waals surface area contributed by atoms with Crippen molar-refractivity contribution in [2.45, 2.75) is 6.42 Å². The van der Waals surface area contributed by atoms with Gasteiger partial charge < -0.3 is 10.2 Å². The number of amides is 1. The molecule has 0 aromatic rings. The van der Waals surface area contributed by atoms with Crippen molar-refractivity contribution in [3.63, 3.8) is 0 Å². The van der Waals surface area contributed by atoms with Gasteiger partial charge in [0.2, 0.25) is 0 Å². The lowest BCUT2D eigenvalue weighted by Gasteiger charge is -2.15. The summed E-state index contributed by atoms with van der Waals surface area (Å²) in [5, 5.41) is 20.8. The van der Waals surface area contributed by atoms with Gasteiger partial charge in [-0.05, 0) is 6.08 Å². The second-order valence-corrected chi connectivity index (χ2v) is 2.02. The average Bonchev–Trinajstić information content (AvgIpc) is 2.04. The number of nitrogens with zero attached hydrogens (tertiary/aromatic N) is 2. The van der Waals surface area contributed by atoms with Gasteiger partial charge in [-0.3, -0.25) is 0 Å². The van der Waals surface area contributed by atoms with E-state index in [0.29, 0.717) is 11.4 Å². The number of hydrogen-bond acceptors (Lipinski definition) is 3. The average molecular weight is 170 g/mol. The van der Waals surface area contributed by atoms with Crippen LogP contribution in [0.3, 0.4) is 0 Å². The summed E-state index contributed by atoms with van der Waals surface area (Å²) in [5.41, 5.74) is -0.329. The lowest BCUT2D eigenvalue weighted by molar-refractivity contribution is -0.134. The molecular formula is C6H6N2O4. The Morgan fingerprint density at radius 2 is 2.17 bits per heavy atom. The fourth-order valence-corrected chi connectivity index (χ4v) is 0.772. The first-order valence-corrected chi connectivity index (χ1v) is 3.12. The largest absolute Gasteiger partial charge is 0.477 e. The molecule has 6 nitrogen and oxygen atoms in total. The van der Waals surface area contributed by atoms with Crippen LogP contribution in [0.5, 0.6) is 0 Å². The Morgan fingerprint density at radius 3 is 2.58 bits per heavy atom. The molecule has 64 valence electrons. The van der Waals surface area contributed by atoms with E-state index >= 15 is 0 Å². The molecule has 12 heavy (non-hydrogen) atoms. The third-order valence-electron chi connectivity index (χ3n) is 1.24. The number of carboxylic acid groups (broad SMARTS) is 2. The lowest BCUT2D eigenvalue weighted by atomic mass is 10.3. The summed E-state index contributed by atoms with van der Waals surface area (Å²) in [5.74, 6) is -1.30. The number of aliphatic carboxylic acids is 1. The van der Waals surface area contributed by atoms with E-state index in [9.17, 15) is 9.59 Å². The Morgan fingerprint density at radius 1 is 1.50 bits per heavy atom. The van der Waals surface area contributed by atoms with Crippen molar-refractivity contribution in [3.05, 3.63) is 11.8 Å². The molecule has 1 amide bonds. The first-order chi connectivity index (χ1) is 5.63. The quantitative estimate of drug-likeness (QED) is 0.593.